The molecule has 1 aliphatic rings. The smallest absolute Gasteiger partial charge is 0.0480 e. The first-order valence-electron chi connectivity index (χ1n) is 10.0. The molecule has 0 saturated heterocycles. The molecule has 0 spiro atoms. The lowest BCUT2D eigenvalue weighted by atomic mass is 9.97. The second-order valence-corrected chi connectivity index (χ2v) is 9.53. The van der Waals surface area contributed by atoms with Crippen LogP contribution in [0.5, 0.6) is 0 Å². The fourth-order valence-electron chi connectivity index (χ4n) is 3.70. The van der Waals surface area contributed by atoms with Gasteiger partial charge < -0.3 is 0 Å². The van der Waals surface area contributed by atoms with Gasteiger partial charge in [0.05, 0.1) is 0 Å². The molecule has 24 heavy (non-hydrogen) atoms. The number of fused-ring (bicyclic) bond motifs is 3. The van der Waals surface area contributed by atoms with Gasteiger partial charge in [0.1, 0.15) is 0 Å². The third-order valence-corrected chi connectivity index (χ3v) is 7.78. The molecule has 2 heterocycles. The van der Waals surface area contributed by atoms with Gasteiger partial charge in [0.2, 0.25) is 0 Å². The summed E-state index contributed by atoms with van der Waals surface area (Å²) in [6, 6.07) is 5.05. The van der Waals surface area contributed by atoms with Crippen LogP contribution in [-0.4, -0.2) is 0 Å². The molecule has 0 atom stereocenters. The Balaban J connectivity index is 1.64. The first kappa shape index (κ1) is 18.2. The van der Waals surface area contributed by atoms with Crippen molar-refractivity contribution < 1.29 is 0 Å². The topological polar surface area (TPSA) is 0 Å². The summed E-state index contributed by atoms with van der Waals surface area (Å²) in [6.07, 6.45) is 16.1. The van der Waals surface area contributed by atoms with E-state index < -0.39 is 0 Å². The molecular weight excluding hydrogens is 328 g/mol. The van der Waals surface area contributed by atoms with Crippen molar-refractivity contribution in [3.05, 3.63) is 33.0 Å². The molecule has 0 radical (unpaired) electrons. The maximum absolute atomic E-state index is 2.52. The lowest BCUT2D eigenvalue weighted by Crippen LogP contribution is -1.97. The number of hydrogen-bond donors (Lipinski definition) is 0. The normalized spacial score (nSPS) is 13.1. The van der Waals surface area contributed by atoms with Crippen molar-refractivity contribution in [3.8, 4) is 9.75 Å². The third kappa shape index (κ3) is 4.52. The van der Waals surface area contributed by atoms with Gasteiger partial charge in [-0.2, -0.15) is 0 Å². The summed E-state index contributed by atoms with van der Waals surface area (Å²) in [7, 11) is 0. The SMILES string of the molecule is CCCCCCc1cc2c(s1)-c1sc(CCCCCC)cc1CC2. The van der Waals surface area contributed by atoms with Gasteiger partial charge in [-0.1, -0.05) is 52.4 Å². The van der Waals surface area contributed by atoms with Crippen LogP contribution in [0, 0.1) is 0 Å². The molecule has 2 aromatic heterocycles. The van der Waals surface area contributed by atoms with Crippen molar-refractivity contribution in [2.24, 2.45) is 0 Å². The number of aryl methyl sites for hydroxylation is 4. The van der Waals surface area contributed by atoms with E-state index >= 15 is 0 Å². The number of rotatable bonds is 10. The number of hydrogen-bond acceptors (Lipinski definition) is 2. The van der Waals surface area contributed by atoms with Crippen LogP contribution >= 0.6 is 22.7 Å². The molecule has 2 aromatic rings. The monoisotopic (exact) mass is 360 g/mol. The minimum absolute atomic E-state index is 1.26. The molecule has 3 rings (SSSR count). The summed E-state index contributed by atoms with van der Waals surface area (Å²) in [5.74, 6) is 0. The second kappa shape index (κ2) is 9.20. The fourth-order valence-corrected chi connectivity index (χ4v) is 6.40. The molecule has 0 fully saturated rings. The van der Waals surface area contributed by atoms with Crippen LogP contribution in [0.1, 0.15) is 86.1 Å². The highest BCUT2D eigenvalue weighted by Crippen LogP contribution is 2.44. The largest absolute Gasteiger partial charge is 0.139 e. The molecule has 2 heteroatoms. The van der Waals surface area contributed by atoms with Crippen LogP contribution in [0.15, 0.2) is 12.1 Å². The summed E-state index contributed by atoms with van der Waals surface area (Å²) < 4.78 is 0. The molecule has 0 saturated carbocycles. The minimum atomic E-state index is 1.26. The average Bonchev–Trinajstić information content (AvgIpc) is 3.18. The Kier molecular flexibility index (Phi) is 6.97. The maximum atomic E-state index is 2.52. The molecule has 0 unspecified atom stereocenters. The molecule has 1 aliphatic carbocycles. The molecule has 132 valence electrons. The van der Waals surface area contributed by atoms with Crippen molar-refractivity contribution >= 4 is 22.7 Å². The van der Waals surface area contributed by atoms with Gasteiger partial charge in [0.25, 0.3) is 0 Å². The molecule has 0 aliphatic heterocycles. The van der Waals surface area contributed by atoms with Crippen molar-refractivity contribution in [1.82, 2.24) is 0 Å². The summed E-state index contributed by atoms with van der Waals surface area (Å²) in [6.45, 7) is 4.59. The summed E-state index contributed by atoms with van der Waals surface area (Å²) in [5, 5.41) is 0. The zero-order valence-electron chi connectivity index (χ0n) is 15.5. The van der Waals surface area contributed by atoms with Crippen LogP contribution in [0.25, 0.3) is 9.75 Å². The lowest BCUT2D eigenvalue weighted by Gasteiger charge is -2.10. The van der Waals surface area contributed by atoms with E-state index in [-0.39, 0.29) is 0 Å². The average molecular weight is 361 g/mol. The van der Waals surface area contributed by atoms with Crippen LogP contribution in [-0.2, 0) is 25.7 Å². The maximum Gasteiger partial charge on any atom is 0.0480 e. The van der Waals surface area contributed by atoms with E-state index in [1.165, 1.54) is 77.0 Å². The highest BCUT2D eigenvalue weighted by Gasteiger charge is 2.21. The second-order valence-electron chi connectivity index (χ2n) is 7.26. The summed E-state index contributed by atoms with van der Waals surface area (Å²) >= 11 is 4.18. The van der Waals surface area contributed by atoms with E-state index in [9.17, 15) is 0 Å². The van der Waals surface area contributed by atoms with Crippen molar-refractivity contribution in [2.75, 3.05) is 0 Å². The predicted octanol–water partition coefficient (Wildman–Crippen LogP) is 7.82. The minimum Gasteiger partial charge on any atom is -0.139 e. The van der Waals surface area contributed by atoms with E-state index in [0.717, 1.165) is 0 Å². The van der Waals surface area contributed by atoms with Gasteiger partial charge >= 0.3 is 0 Å². The van der Waals surface area contributed by atoms with E-state index in [0.29, 0.717) is 0 Å². The van der Waals surface area contributed by atoms with Crippen molar-refractivity contribution in [1.29, 1.82) is 0 Å². The van der Waals surface area contributed by atoms with E-state index in [2.05, 4.69) is 48.7 Å². The van der Waals surface area contributed by atoms with Gasteiger partial charge in [-0.25, -0.2) is 0 Å². The Morgan fingerprint density at radius 1 is 0.667 bits per heavy atom. The molecule has 0 aromatic carbocycles. The van der Waals surface area contributed by atoms with Crippen LogP contribution in [0.2, 0.25) is 0 Å². The van der Waals surface area contributed by atoms with E-state index in [1.54, 1.807) is 30.6 Å². The van der Waals surface area contributed by atoms with Gasteiger partial charge in [-0.05, 0) is 61.8 Å². The van der Waals surface area contributed by atoms with Crippen LogP contribution < -0.4 is 0 Å². The molecule has 0 N–H and O–H groups in total. The van der Waals surface area contributed by atoms with Gasteiger partial charge in [-0.3, -0.25) is 0 Å². The van der Waals surface area contributed by atoms with Crippen LogP contribution in [0.3, 0.4) is 0 Å². The van der Waals surface area contributed by atoms with E-state index in [1.807, 2.05) is 0 Å². The van der Waals surface area contributed by atoms with E-state index in [4.69, 9.17) is 0 Å². The van der Waals surface area contributed by atoms with Crippen LogP contribution in [0.4, 0.5) is 0 Å². The third-order valence-electron chi connectivity index (χ3n) is 5.14. The molecule has 0 amide bonds. The Hall–Kier alpha value is -0.600. The highest BCUT2D eigenvalue weighted by atomic mass is 32.1. The standard InChI is InChI=1S/C22H32S2/c1-3-5-7-9-11-19-15-17-13-14-18-16-20(12-10-8-6-4-2)24-22(18)21(17)23-19/h15-16H,3-14H2,1-2H3. The van der Waals surface area contributed by atoms with Gasteiger partial charge in [0, 0.05) is 19.5 Å². The Morgan fingerprint density at radius 2 is 1.12 bits per heavy atom. The number of unbranched alkanes of at least 4 members (excludes halogenated alkanes) is 6. The van der Waals surface area contributed by atoms with Crippen molar-refractivity contribution in [2.45, 2.75) is 90.9 Å². The zero-order valence-corrected chi connectivity index (χ0v) is 17.1. The zero-order chi connectivity index (χ0) is 16.8. The first-order chi connectivity index (χ1) is 11.8. The summed E-state index contributed by atoms with van der Waals surface area (Å²) in [5.41, 5.74) is 3.27. The summed E-state index contributed by atoms with van der Waals surface area (Å²) in [4.78, 5) is 6.49. The number of thiophene rings is 2. The van der Waals surface area contributed by atoms with Crippen molar-refractivity contribution in [3.63, 3.8) is 0 Å². The molecular formula is C22H32S2. The Morgan fingerprint density at radius 3 is 1.54 bits per heavy atom. The Bertz CT molecular complexity index is 576. The molecule has 0 nitrogen and oxygen atoms in total. The molecule has 0 bridgehead atoms. The Labute approximate surface area is 156 Å². The lowest BCUT2D eigenvalue weighted by molar-refractivity contribution is 0.670. The first-order valence-corrected chi connectivity index (χ1v) is 11.7. The van der Waals surface area contributed by atoms with Gasteiger partial charge in [-0.15, -0.1) is 22.7 Å². The fraction of sp³-hybridized carbons (Fsp3) is 0.636. The quantitative estimate of drug-likeness (QED) is 0.379. The van der Waals surface area contributed by atoms with Gasteiger partial charge in [0.15, 0.2) is 0 Å². The highest BCUT2D eigenvalue weighted by molar-refractivity contribution is 7.22. The predicted molar refractivity (Wildman–Crippen MR) is 111 cm³/mol.